The van der Waals surface area contributed by atoms with Crippen LogP contribution in [0.4, 0.5) is 43.9 Å². The van der Waals surface area contributed by atoms with Gasteiger partial charge in [-0.2, -0.15) is 26.3 Å². The van der Waals surface area contributed by atoms with E-state index in [-0.39, 0.29) is 12.1 Å². The summed E-state index contributed by atoms with van der Waals surface area (Å²) in [7, 11) is 0. The fourth-order valence-corrected chi connectivity index (χ4v) is 3.80. The van der Waals surface area contributed by atoms with Gasteiger partial charge in [0.15, 0.2) is 0 Å². The van der Waals surface area contributed by atoms with E-state index in [1.165, 1.54) is 0 Å². The molecule has 0 unspecified atom stereocenters. The van der Waals surface area contributed by atoms with Crippen molar-refractivity contribution < 1.29 is 43.9 Å². The van der Waals surface area contributed by atoms with Gasteiger partial charge in [0.25, 0.3) is 0 Å². The number of benzene rings is 4. The van der Waals surface area contributed by atoms with Crippen LogP contribution >= 0.6 is 0 Å². The summed E-state index contributed by atoms with van der Waals surface area (Å²) in [4.78, 5) is 0. The highest BCUT2D eigenvalue weighted by Crippen LogP contribution is 2.48. The lowest BCUT2D eigenvalue weighted by molar-refractivity contribution is -0.0828. The molecule has 0 aliphatic heterocycles. The molecule has 0 atom stereocenters. The second kappa shape index (κ2) is 8.03. The van der Waals surface area contributed by atoms with E-state index in [1.54, 1.807) is 0 Å². The predicted molar refractivity (Wildman–Crippen MR) is 107 cm³/mol. The van der Waals surface area contributed by atoms with Crippen LogP contribution in [-0.2, 0) is 0 Å². The van der Waals surface area contributed by atoms with Crippen LogP contribution in [0.3, 0.4) is 0 Å². The molecule has 0 nitrogen and oxygen atoms in total. The minimum atomic E-state index is -5.74. The average Bonchev–Trinajstić information content (AvgIpc) is 2.71. The van der Waals surface area contributed by atoms with Crippen LogP contribution in [0.2, 0.25) is 0 Å². The summed E-state index contributed by atoms with van der Waals surface area (Å²) in [6.07, 6.45) is -11.5. The largest absolute Gasteiger partial charge is 0.417 e. The van der Waals surface area contributed by atoms with Crippen LogP contribution in [0.15, 0.2) is 60.7 Å². The van der Waals surface area contributed by atoms with Crippen molar-refractivity contribution in [2.45, 2.75) is 12.4 Å². The van der Waals surface area contributed by atoms with Crippen LogP contribution in [0.25, 0.3) is 32.7 Å². The first-order chi connectivity index (χ1) is 15.8. The molecule has 0 aliphatic rings. The van der Waals surface area contributed by atoms with Gasteiger partial charge in [-0.05, 0) is 47.5 Å². The van der Waals surface area contributed by atoms with Gasteiger partial charge in [-0.25, -0.2) is 17.6 Å². The van der Waals surface area contributed by atoms with E-state index in [9.17, 15) is 43.9 Å². The van der Waals surface area contributed by atoms with Crippen molar-refractivity contribution >= 4 is 32.7 Å². The summed E-state index contributed by atoms with van der Waals surface area (Å²) >= 11 is 0. The number of halogens is 10. The SMILES string of the molecule is Fc1cc(/C(=C(/c2cc(F)c3cccc(F)c3c2)C(F)(F)F)C(F)(F)F)cc2c(F)cccc12. The first-order valence-electron chi connectivity index (χ1n) is 9.44. The lowest BCUT2D eigenvalue weighted by atomic mass is 9.90. The third kappa shape index (κ3) is 4.08. The quantitative estimate of drug-likeness (QED) is 0.196. The molecule has 0 amide bonds. The molecule has 10 heteroatoms. The van der Waals surface area contributed by atoms with E-state index >= 15 is 0 Å². The maximum atomic E-state index is 14.5. The molecule has 0 heterocycles. The van der Waals surface area contributed by atoms with Gasteiger partial charge in [-0.1, -0.05) is 24.3 Å². The molecule has 176 valence electrons. The van der Waals surface area contributed by atoms with Gasteiger partial charge in [-0.3, -0.25) is 0 Å². The van der Waals surface area contributed by atoms with Gasteiger partial charge in [-0.15, -0.1) is 0 Å². The lowest BCUT2D eigenvalue weighted by Gasteiger charge is -2.22. The summed E-state index contributed by atoms with van der Waals surface area (Å²) < 4.78 is 142. The Hall–Kier alpha value is -3.56. The second-order valence-corrected chi connectivity index (χ2v) is 7.33. The van der Waals surface area contributed by atoms with Crippen LogP contribution in [0.5, 0.6) is 0 Å². The average molecular weight is 488 g/mol. The first-order valence-corrected chi connectivity index (χ1v) is 9.44. The van der Waals surface area contributed by atoms with Crippen LogP contribution in [0.1, 0.15) is 11.1 Å². The van der Waals surface area contributed by atoms with E-state index in [1.807, 2.05) is 0 Å². The molecule has 0 aromatic heterocycles. The number of rotatable bonds is 2. The molecular weight excluding hydrogens is 478 g/mol. The van der Waals surface area contributed by atoms with Gasteiger partial charge >= 0.3 is 12.4 Å². The third-order valence-corrected chi connectivity index (χ3v) is 5.18. The van der Waals surface area contributed by atoms with Crippen LogP contribution in [0, 0.1) is 23.3 Å². The Morgan fingerprint density at radius 1 is 0.441 bits per heavy atom. The highest BCUT2D eigenvalue weighted by Gasteiger charge is 2.47. The van der Waals surface area contributed by atoms with Crippen molar-refractivity contribution in [2.75, 3.05) is 0 Å². The highest BCUT2D eigenvalue weighted by atomic mass is 19.4. The molecular formula is C24H10F10. The Bertz CT molecular complexity index is 1350. The van der Waals surface area contributed by atoms with Crippen molar-refractivity contribution in [1.82, 2.24) is 0 Å². The maximum absolute atomic E-state index is 14.5. The zero-order chi connectivity index (χ0) is 25.0. The predicted octanol–water partition coefficient (Wildman–Crippen LogP) is 8.58. The van der Waals surface area contributed by atoms with Crippen molar-refractivity contribution in [2.24, 2.45) is 0 Å². The molecule has 0 aliphatic carbocycles. The topological polar surface area (TPSA) is 0 Å². The first kappa shape index (κ1) is 23.6. The molecule has 0 N–H and O–H groups in total. The molecule has 34 heavy (non-hydrogen) atoms. The van der Waals surface area contributed by atoms with Gasteiger partial charge < -0.3 is 0 Å². The molecule has 0 fully saturated rings. The minimum absolute atomic E-state index is 0.189. The standard InChI is InChI=1S/C24H10F10/c25-17-5-1-3-13-15(17)7-11(9-19(13)27)21(23(29,30)31)22(24(32,33)34)12-8-16-14(20(28)10-12)4-2-6-18(16)26/h1-10H/b22-21+. The van der Waals surface area contributed by atoms with E-state index in [0.717, 1.165) is 36.4 Å². The molecule has 4 aromatic rings. The minimum Gasteiger partial charge on any atom is -0.206 e. The smallest absolute Gasteiger partial charge is 0.206 e. The van der Waals surface area contributed by atoms with E-state index in [2.05, 4.69) is 0 Å². The van der Waals surface area contributed by atoms with Crippen molar-refractivity contribution in [1.29, 1.82) is 0 Å². The number of hydrogen-bond donors (Lipinski definition) is 0. The molecule has 0 spiro atoms. The zero-order valence-electron chi connectivity index (χ0n) is 16.6. The van der Waals surface area contributed by atoms with E-state index in [4.69, 9.17) is 0 Å². The molecule has 0 radical (unpaired) electrons. The molecule has 4 rings (SSSR count). The lowest BCUT2D eigenvalue weighted by Crippen LogP contribution is -2.21. The molecule has 0 bridgehead atoms. The Morgan fingerprint density at radius 3 is 1.12 bits per heavy atom. The summed E-state index contributed by atoms with van der Waals surface area (Å²) in [5.41, 5.74) is -7.41. The molecule has 0 saturated carbocycles. The second-order valence-electron chi connectivity index (χ2n) is 7.33. The van der Waals surface area contributed by atoms with E-state index < -0.39 is 79.4 Å². The van der Waals surface area contributed by atoms with E-state index in [0.29, 0.717) is 12.1 Å². The normalized spacial score (nSPS) is 13.5. The zero-order valence-corrected chi connectivity index (χ0v) is 16.6. The van der Waals surface area contributed by atoms with Gasteiger partial charge in [0.2, 0.25) is 0 Å². The van der Waals surface area contributed by atoms with Crippen LogP contribution < -0.4 is 0 Å². The monoisotopic (exact) mass is 488 g/mol. The number of alkyl halides is 6. The fraction of sp³-hybridized carbons (Fsp3) is 0.0833. The Labute approximate surface area is 184 Å². The van der Waals surface area contributed by atoms with Gasteiger partial charge in [0.1, 0.15) is 23.3 Å². The molecule has 0 saturated heterocycles. The summed E-state index contributed by atoms with van der Waals surface area (Å²) in [5, 5.41) is -2.26. The Morgan fingerprint density at radius 2 is 0.794 bits per heavy atom. The van der Waals surface area contributed by atoms with Crippen molar-refractivity contribution in [3.63, 3.8) is 0 Å². The maximum Gasteiger partial charge on any atom is 0.417 e. The summed E-state index contributed by atoms with van der Waals surface area (Å²) in [5.74, 6) is -5.11. The van der Waals surface area contributed by atoms with Crippen molar-refractivity contribution in [3.05, 3.63) is 95.1 Å². The number of fused-ring (bicyclic) bond motifs is 2. The fourth-order valence-electron chi connectivity index (χ4n) is 3.80. The highest BCUT2D eigenvalue weighted by molar-refractivity contribution is 6.00. The summed E-state index contributed by atoms with van der Waals surface area (Å²) in [6, 6.07) is 7.08. The summed E-state index contributed by atoms with van der Waals surface area (Å²) in [6.45, 7) is 0. The van der Waals surface area contributed by atoms with Gasteiger partial charge in [0, 0.05) is 21.5 Å². The number of hydrogen-bond acceptors (Lipinski definition) is 0. The van der Waals surface area contributed by atoms with Gasteiger partial charge in [0.05, 0.1) is 11.1 Å². The Balaban J connectivity index is 2.16. The van der Waals surface area contributed by atoms with Crippen LogP contribution in [-0.4, -0.2) is 12.4 Å². The Kier molecular flexibility index (Phi) is 5.58. The third-order valence-electron chi connectivity index (χ3n) is 5.18. The molecule has 4 aromatic carbocycles. The van der Waals surface area contributed by atoms with Crippen molar-refractivity contribution in [3.8, 4) is 0 Å². The number of allylic oxidation sites excluding steroid dienone is 2.